The lowest BCUT2D eigenvalue weighted by molar-refractivity contribution is -0.126. The van der Waals surface area contributed by atoms with E-state index in [1.165, 1.54) is 17.4 Å². The zero-order chi connectivity index (χ0) is 21.4. The summed E-state index contributed by atoms with van der Waals surface area (Å²) in [5.74, 6) is 1.21. The van der Waals surface area contributed by atoms with Gasteiger partial charge in [0.05, 0.1) is 17.3 Å². The number of carbonyl (C=O) groups excluding carboxylic acids is 1. The number of ether oxygens (including phenoxy) is 1. The number of para-hydroxylation sites is 1. The van der Waals surface area contributed by atoms with Gasteiger partial charge < -0.3 is 9.30 Å². The Bertz CT molecular complexity index is 1160. The minimum atomic E-state index is -0.305. The Morgan fingerprint density at radius 3 is 2.61 bits per heavy atom. The number of fused-ring (bicyclic) bond motifs is 3. The summed E-state index contributed by atoms with van der Waals surface area (Å²) in [4.78, 5) is 16.1. The van der Waals surface area contributed by atoms with Gasteiger partial charge in [-0.3, -0.25) is 9.69 Å². The van der Waals surface area contributed by atoms with E-state index in [0.717, 1.165) is 42.1 Å². The van der Waals surface area contributed by atoms with Crippen molar-refractivity contribution in [1.29, 1.82) is 0 Å². The molecule has 0 radical (unpaired) electrons. The highest BCUT2D eigenvalue weighted by Crippen LogP contribution is 2.49. The predicted molar refractivity (Wildman–Crippen MR) is 124 cm³/mol. The van der Waals surface area contributed by atoms with Crippen molar-refractivity contribution < 1.29 is 13.9 Å². The van der Waals surface area contributed by atoms with Crippen LogP contribution in [0.1, 0.15) is 31.7 Å². The van der Waals surface area contributed by atoms with E-state index < -0.39 is 0 Å². The molecule has 0 bridgehead atoms. The van der Waals surface area contributed by atoms with Crippen LogP contribution >= 0.6 is 23.6 Å². The van der Waals surface area contributed by atoms with Gasteiger partial charge in [0.25, 0.3) is 0 Å². The molecule has 31 heavy (non-hydrogen) atoms. The summed E-state index contributed by atoms with van der Waals surface area (Å²) in [5, 5.41) is 0. The summed E-state index contributed by atoms with van der Waals surface area (Å²) < 4.78 is 23.4. The topological polar surface area (TPSA) is 34.5 Å². The summed E-state index contributed by atoms with van der Waals surface area (Å²) in [7, 11) is 0. The molecule has 1 aliphatic heterocycles. The minimum absolute atomic E-state index is 0.0619. The van der Waals surface area contributed by atoms with Crippen LogP contribution in [0.2, 0.25) is 0 Å². The highest BCUT2D eigenvalue weighted by molar-refractivity contribution is 7.73. The second-order valence-electron chi connectivity index (χ2n) is 7.98. The van der Waals surface area contributed by atoms with Crippen LogP contribution < -0.4 is 9.64 Å². The number of halogens is 1. The number of anilines is 1. The number of hydrogen-bond donors (Lipinski definition) is 0. The molecule has 0 N–H and O–H groups in total. The lowest BCUT2D eigenvalue weighted by Crippen LogP contribution is -2.48. The molecule has 3 aromatic rings. The second kappa shape index (κ2) is 8.55. The molecule has 2 atom stereocenters. The van der Waals surface area contributed by atoms with E-state index in [0.29, 0.717) is 22.7 Å². The summed E-state index contributed by atoms with van der Waals surface area (Å²) >= 11 is 7.13. The maximum Gasteiger partial charge on any atom is 0.233 e. The second-order valence-corrected chi connectivity index (χ2v) is 9.62. The summed E-state index contributed by atoms with van der Waals surface area (Å²) in [6, 6.07) is 16.3. The van der Waals surface area contributed by atoms with Gasteiger partial charge in [-0.25, -0.2) is 4.39 Å². The molecule has 160 valence electrons. The number of thiazole rings is 1. The van der Waals surface area contributed by atoms with Crippen LogP contribution in [0.15, 0.2) is 54.6 Å². The molecule has 1 amide bonds. The number of benzene rings is 2. The average molecular weight is 455 g/mol. The molecule has 1 saturated carbocycles. The van der Waals surface area contributed by atoms with Crippen LogP contribution in [0.4, 0.5) is 10.2 Å². The predicted octanol–water partition coefficient (Wildman–Crippen LogP) is 6.24. The van der Waals surface area contributed by atoms with Crippen LogP contribution in [-0.4, -0.2) is 23.6 Å². The van der Waals surface area contributed by atoms with Gasteiger partial charge in [-0.15, -0.1) is 11.3 Å². The number of aromatic nitrogens is 1. The number of carbonyl (C=O) groups is 1. The third kappa shape index (κ3) is 3.70. The molecule has 0 spiro atoms. The van der Waals surface area contributed by atoms with Crippen molar-refractivity contribution in [1.82, 2.24) is 4.57 Å². The van der Waals surface area contributed by atoms with Gasteiger partial charge in [-0.2, -0.15) is 0 Å². The third-order valence-corrected chi connectivity index (χ3v) is 7.59. The number of hydrogen-bond acceptors (Lipinski definition) is 4. The standard InChI is InChI=1S/C24H23FN2O2S2/c25-19-12-6-4-10-17(19)21-22-26(14-15-29-16-8-2-1-3-9-16)23(28)18-11-5-7-13-20(18)27(22)24(30)31-21/h1-4,6,8-10,12,18,20H,5,7,11,13-15H2. The lowest BCUT2D eigenvalue weighted by atomic mass is 9.82. The van der Waals surface area contributed by atoms with Crippen molar-refractivity contribution in [2.24, 2.45) is 5.92 Å². The van der Waals surface area contributed by atoms with Crippen LogP contribution in [0, 0.1) is 15.7 Å². The minimum Gasteiger partial charge on any atom is -0.492 e. The molecule has 0 saturated heterocycles. The first kappa shape index (κ1) is 20.4. The van der Waals surface area contributed by atoms with Crippen LogP contribution in [0.3, 0.4) is 0 Å². The average Bonchev–Trinajstić information content (AvgIpc) is 3.14. The molecule has 1 fully saturated rings. The highest BCUT2D eigenvalue weighted by atomic mass is 32.1. The van der Waals surface area contributed by atoms with E-state index in [1.54, 1.807) is 17.0 Å². The van der Waals surface area contributed by atoms with E-state index >= 15 is 0 Å². The maximum absolute atomic E-state index is 14.7. The van der Waals surface area contributed by atoms with Gasteiger partial charge in [0.15, 0.2) is 3.95 Å². The molecule has 1 aromatic heterocycles. The maximum atomic E-state index is 14.7. The van der Waals surface area contributed by atoms with Gasteiger partial charge in [-0.1, -0.05) is 49.2 Å². The fourth-order valence-electron chi connectivity index (χ4n) is 4.74. The van der Waals surface area contributed by atoms with E-state index in [2.05, 4.69) is 4.57 Å². The van der Waals surface area contributed by atoms with Gasteiger partial charge in [-0.05, 0) is 43.3 Å². The normalized spacial score (nSPS) is 20.3. The van der Waals surface area contributed by atoms with Crippen molar-refractivity contribution in [3.8, 4) is 16.2 Å². The SMILES string of the molecule is O=C1C2CCCCC2n2c(c(-c3ccccc3F)sc2=S)N1CCOc1ccccc1. The summed E-state index contributed by atoms with van der Waals surface area (Å²) in [6.07, 6.45) is 3.93. The van der Waals surface area contributed by atoms with Gasteiger partial charge >= 0.3 is 0 Å². The van der Waals surface area contributed by atoms with Crippen molar-refractivity contribution in [3.63, 3.8) is 0 Å². The first-order valence-corrected chi connectivity index (χ1v) is 11.9. The number of amides is 1. The van der Waals surface area contributed by atoms with E-state index in [9.17, 15) is 9.18 Å². The van der Waals surface area contributed by atoms with E-state index in [4.69, 9.17) is 17.0 Å². The molecule has 2 unspecified atom stereocenters. The van der Waals surface area contributed by atoms with Crippen molar-refractivity contribution >= 4 is 35.3 Å². The highest BCUT2D eigenvalue weighted by Gasteiger charge is 2.43. The fraction of sp³-hybridized carbons (Fsp3) is 0.333. The zero-order valence-corrected chi connectivity index (χ0v) is 18.6. The Labute approximate surface area is 189 Å². The monoisotopic (exact) mass is 454 g/mol. The van der Waals surface area contributed by atoms with Crippen LogP contribution in [0.5, 0.6) is 5.75 Å². The summed E-state index contributed by atoms with van der Waals surface area (Å²) in [6.45, 7) is 0.746. The summed E-state index contributed by atoms with van der Waals surface area (Å²) in [5.41, 5.74) is 0.489. The third-order valence-electron chi connectivity index (χ3n) is 6.16. The number of nitrogens with zero attached hydrogens (tertiary/aromatic N) is 2. The largest absolute Gasteiger partial charge is 0.492 e. The molecular weight excluding hydrogens is 431 g/mol. The molecule has 7 heteroatoms. The van der Waals surface area contributed by atoms with Crippen LogP contribution in [-0.2, 0) is 4.79 Å². The Hall–Kier alpha value is -2.51. The smallest absolute Gasteiger partial charge is 0.233 e. The van der Waals surface area contributed by atoms with Gasteiger partial charge in [0.1, 0.15) is 24.0 Å². The molecule has 5 rings (SSSR count). The van der Waals surface area contributed by atoms with Crippen molar-refractivity contribution in [3.05, 3.63) is 64.4 Å². The molecule has 1 aliphatic carbocycles. The fourth-order valence-corrected chi connectivity index (χ4v) is 6.29. The van der Waals surface area contributed by atoms with E-state index in [-0.39, 0.29) is 23.7 Å². The molecule has 4 nitrogen and oxygen atoms in total. The van der Waals surface area contributed by atoms with Crippen molar-refractivity contribution in [2.75, 3.05) is 18.1 Å². The Kier molecular flexibility index (Phi) is 5.63. The Balaban J connectivity index is 1.56. The first-order chi connectivity index (χ1) is 15.1. The Morgan fingerprint density at radius 2 is 1.81 bits per heavy atom. The first-order valence-electron chi connectivity index (χ1n) is 10.6. The lowest BCUT2D eigenvalue weighted by Gasteiger charge is -2.42. The molecule has 2 heterocycles. The number of rotatable bonds is 5. The van der Waals surface area contributed by atoms with Gasteiger partial charge in [0, 0.05) is 11.6 Å². The van der Waals surface area contributed by atoms with Crippen LogP contribution in [0.25, 0.3) is 10.4 Å². The molecule has 2 aromatic carbocycles. The van der Waals surface area contributed by atoms with Crippen molar-refractivity contribution in [2.45, 2.75) is 31.7 Å². The van der Waals surface area contributed by atoms with E-state index in [1.807, 2.05) is 36.4 Å². The zero-order valence-electron chi connectivity index (χ0n) is 17.0. The molecular formula is C24H23FN2O2S2. The quantitative estimate of drug-likeness (QED) is 0.428. The molecule has 2 aliphatic rings. The van der Waals surface area contributed by atoms with Gasteiger partial charge in [0.2, 0.25) is 5.91 Å². The Morgan fingerprint density at radius 1 is 1.06 bits per heavy atom.